The molecule has 116 valence electrons. The second-order valence-electron chi connectivity index (χ2n) is 4.74. The van der Waals surface area contributed by atoms with Crippen molar-refractivity contribution in [1.82, 2.24) is 4.98 Å². The van der Waals surface area contributed by atoms with Crippen molar-refractivity contribution in [2.24, 2.45) is 15.0 Å². The van der Waals surface area contributed by atoms with Gasteiger partial charge in [-0.1, -0.05) is 22.0 Å². The first kappa shape index (κ1) is 15.5. The molecule has 0 amide bonds. The Morgan fingerprint density at radius 3 is 2.74 bits per heavy atom. The number of amidine groups is 1. The van der Waals surface area contributed by atoms with Crippen molar-refractivity contribution < 1.29 is 4.39 Å². The molecule has 3 rings (SSSR count). The maximum atomic E-state index is 13.9. The molecular weight excluding hydrogens is 361 g/mol. The third-order valence-corrected chi connectivity index (χ3v) is 3.55. The highest BCUT2D eigenvalue weighted by molar-refractivity contribution is 9.10. The molecule has 5 nitrogen and oxygen atoms in total. The molecule has 1 aromatic heterocycles. The van der Waals surface area contributed by atoms with Gasteiger partial charge in [0.2, 0.25) is 5.96 Å². The van der Waals surface area contributed by atoms with Gasteiger partial charge in [-0.2, -0.15) is 4.99 Å². The summed E-state index contributed by atoms with van der Waals surface area (Å²) in [6, 6.07) is 13.0. The number of pyridine rings is 1. The van der Waals surface area contributed by atoms with Gasteiger partial charge in [0.05, 0.1) is 18.5 Å². The summed E-state index contributed by atoms with van der Waals surface area (Å²) in [7, 11) is 0. The van der Waals surface area contributed by atoms with Crippen LogP contribution >= 0.6 is 15.9 Å². The number of alkyl halides is 1. The molecule has 0 saturated carbocycles. The number of hydrogen-bond donors (Lipinski definition) is 1. The minimum atomic E-state index is -1.41. The molecule has 1 aliphatic heterocycles. The summed E-state index contributed by atoms with van der Waals surface area (Å²) in [4.78, 5) is 16.4. The van der Waals surface area contributed by atoms with E-state index in [9.17, 15) is 4.39 Å². The molecule has 0 saturated heterocycles. The number of nitrogens with one attached hydrogen (secondary N) is 1. The number of anilines is 1. The van der Waals surface area contributed by atoms with Crippen molar-refractivity contribution in [3.63, 3.8) is 0 Å². The number of benzene rings is 1. The van der Waals surface area contributed by atoms with Crippen LogP contribution in [0.15, 0.2) is 68.1 Å². The second-order valence-corrected chi connectivity index (χ2v) is 5.66. The smallest absolute Gasteiger partial charge is 0.228 e. The van der Waals surface area contributed by atoms with Crippen LogP contribution in [-0.2, 0) is 6.54 Å². The summed E-state index contributed by atoms with van der Waals surface area (Å²) in [5, 5.41) is 3.02. The minimum absolute atomic E-state index is 0.0882. The number of halogens is 2. The summed E-state index contributed by atoms with van der Waals surface area (Å²) in [5.74, 6) is 0.395. The topological polar surface area (TPSA) is 62.0 Å². The lowest BCUT2D eigenvalue weighted by Crippen LogP contribution is -2.25. The molecule has 0 fully saturated rings. The third kappa shape index (κ3) is 4.29. The molecule has 7 heteroatoms. The molecule has 0 aliphatic carbocycles. The zero-order valence-electron chi connectivity index (χ0n) is 12.0. The molecule has 2 heterocycles. The summed E-state index contributed by atoms with van der Waals surface area (Å²) >= 11 is 3.37. The average molecular weight is 374 g/mol. The van der Waals surface area contributed by atoms with Gasteiger partial charge in [-0.25, -0.2) is 9.38 Å². The highest BCUT2D eigenvalue weighted by Gasteiger charge is 2.17. The lowest BCUT2D eigenvalue weighted by atomic mass is 10.3. The lowest BCUT2D eigenvalue weighted by molar-refractivity contribution is 0.516. The van der Waals surface area contributed by atoms with Gasteiger partial charge in [0, 0.05) is 16.4 Å². The molecule has 1 aromatic carbocycles. The molecular formula is C16H13BrFN5. The Hall–Kier alpha value is -2.41. The molecule has 0 bridgehead atoms. The van der Waals surface area contributed by atoms with Gasteiger partial charge in [0.15, 0.2) is 12.0 Å². The first-order chi connectivity index (χ1) is 11.2. The summed E-state index contributed by atoms with van der Waals surface area (Å²) in [5.41, 5.74) is 1.57. The number of rotatable bonds is 3. The maximum absolute atomic E-state index is 13.9. The predicted molar refractivity (Wildman–Crippen MR) is 94.0 cm³/mol. The van der Waals surface area contributed by atoms with Crippen LogP contribution in [-0.4, -0.2) is 29.2 Å². The number of nitrogens with zero attached hydrogens (tertiary/aromatic N) is 4. The minimum Gasteiger partial charge on any atom is -0.324 e. The van der Waals surface area contributed by atoms with Crippen LogP contribution < -0.4 is 5.32 Å². The van der Waals surface area contributed by atoms with Crippen molar-refractivity contribution in [2.45, 2.75) is 12.7 Å². The van der Waals surface area contributed by atoms with E-state index in [1.807, 2.05) is 42.5 Å². The van der Waals surface area contributed by atoms with Gasteiger partial charge < -0.3 is 5.32 Å². The summed E-state index contributed by atoms with van der Waals surface area (Å²) in [6.07, 6.45) is 1.45. The van der Waals surface area contributed by atoms with E-state index in [0.29, 0.717) is 5.96 Å². The van der Waals surface area contributed by atoms with E-state index in [2.05, 4.69) is 41.2 Å². The SMILES string of the molecule is FC1C=NC(Nc2ccc(Br)cc2)=NC1=NCc1ccccn1. The highest BCUT2D eigenvalue weighted by Crippen LogP contribution is 2.15. The summed E-state index contributed by atoms with van der Waals surface area (Å²) in [6.45, 7) is 0.277. The van der Waals surface area contributed by atoms with Crippen molar-refractivity contribution >= 4 is 39.6 Å². The summed E-state index contributed by atoms with van der Waals surface area (Å²) < 4.78 is 14.8. The Labute approximate surface area is 141 Å². The second kappa shape index (κ2) is 7.23. The van der Waals surface area contributed by atoms with Gasteiger partial charge in [0.1, 0.15) is 0 Å². The zero-order valence-corrected chi connectivity index (χ0v) is 13.6. The standard InChI is InChI=1S/C16H13BrFN5/c17-11-4-6-12(7-5-11)22-16-21-10-14(18)15(23-16)20-9-13-3-1-2-8-19-13/h1-8,10,14H,9H2,(H,20,22,23). The number of guanidine groups is 1. The van der Waals surface area contributed by atoms with Gasteiger partial charge in [-0.05, 0) is 36.4 Å². The largest absolute Gasteiger partial charge is 0.324 e. The predicted octanol–water partition coefficient (Wildman–Crippen LogP) is 3.63. The van der Waals surface area contributed by atoms with Crippen LogP contribution in [0.4, 0.5) is 10.1 Å². The average Bonchev–Trinajstić information content (AvgIpc) is 2.58. The first-order valence-corrected chi connectivity index (χ1v) is 7.74. The van der Waals surface area contributed by atoms with E-state index in [0.717, 1.165) is 15.9 Å². The van der Waals surface area contributed by atoms with E-state index in [1.165, 1.54) is 6.21 Å². The Bertz CT molecular complexity index is 756. The number of aromatic nitrogens is 1. The van der Waals surface area contributed by atoms with E-state index in [4.69, 9.17) is 0 Å². The third-order valence-electron chi connectivity index (χ3n) is 3.02. The molecule has 1 atom stereocenters. The van der Waals surface area contributed by atoms with Crippen molar-refractivity contribution in [3.8, 4) is 0 Å². The van der Waals surface area contributed by atoms with Crippen molar-refractivity contribution in [2.75, 3.05) is 5.32 Å². The normalized spacial score (nSPS) is 18.8. The van der Waals surface area contributed by atoms with E-state index in [1.54, 1.807) is 6.20 Å². The van der Waals surface area contributed by atoms with Crippen LogP contribution in [0.25, 0.3) is 0 Å². The van der Waals surface area contributed by atoms with Gasteiger partial charge in [-0.3, -0.25) is 9.98 Å². The molecule has 1 unspecified atom stereocenters. The highest BCUT2D eigenvalue weighted by atomic mass is 79.9. The lowest BCUT2D eigenvalue weighted by Gasteiger charge is -2.12. The van der Waals surface area contributed by atoms with Gasteiger partial charge in [0.25, 0.3) is 0 Å². The van der Waals surface area contributed by atoms with Crippen LogP contribution in [0.1, 0.15) is 5.69 Å². The van der Waals surface area contributed by atoms with Crippen LogP contribution in [0, 0.1) is 0 Å². The van der Waals surface area contributed by atoms with Gasteiger partial charge >= 0.3 is 0 Å². The van der Waals surface area contributed by atoms with E-state index >= 15 is 0 Å². The molecule has 23 heavy (non-hydrogen) atoms. The van der Waals surface area contributed by atoms with Crippen LogP contribution in [0.2, 0.25) is 0 Å². The van der Waals surface area contributed by atoms with Crippen LogP contribution in [0.5, 0.6) is 0 Å². The maximum Gasteiger partial charge on any atom is 0.228 e. The molecule has 1 aliphatic rings. The van der Waals surface area contributed by atoms with Gasteiger partial charge in [-0.15, -0.1) is 0 Å². The first-order valence-electron chi connectivity index (χ1n) is 6.94. The van der Waals surface area contributed by atoms with Crippen molar-refractivity contribution in [1.29, 1.82) is 0 Å². The Morgan fingerprint density at radius 1 is 1.17 bits per heavy atom. The number of hydrogen-bond acceptors (Lipinski definition) is 4. The monoisotopic (exact) mass is 373 g/mol. The fourth-order valence-corrected chi connectivity index (χ4v) is 2.16. The molecule has 0 spiro atoms. The fourth-order valence-electron chi connectivity index (χ4n) is 1.90. The van der Waals surface area contributed by atoms with E-state index in [-0.39, 0.29) is 12.4 Å². The Morgan fingerprint density at radius 2 is 2.00 bits per heavy atom. The quantitative estimate of drug-likeness (QED) is 0.892. The molecule has 2 aromatic rings. The van der Waals surface area contributed by atoms with E-state index < -0.39 is 6.17 Å². The fraction of sp³-hybridized carbons (Fsp3) is 0.125. The zero-order chi connectivity index (χ0) is 16.1. The molecule has 1 N–H and O–H groups in total. The Balaban J connectivity index is 1.74. The van der Waals surface area contributed by atoms with Crippen LogP contribution in [0.3, 0.4) is 0 Å². The molecule has 0 radical (unpaired) electrons. The Kier molecular flexibility index (Phi) is 4.87. The number of aliphatic imine (C=N–C) groups is 3. The van der Waals surface area contributed by atoms with Crippen molar-refractivity contribution in [3.05, 3.63) is 58.8 Å².